The number of hydrogen-bond donors (Lipinski definition) is 1. The second-order valence-electron chi connectivity index (χ2n) is 6.04. The lowest BCUT2D eigenvalue weighted by Crippen LogP contribution is -2.42. The highest BCUT2D eigenvalue weighted by molar-refractivity contribution is 6.34. The molecule has 2 aromatic rings. The number of pyridine rings is 1. The summed E-state index contributed by atoms with van der Waals surface area (Å²) in [7, 11) is 0. The van der Waals surface area contributed by atoms with Gasteiger partial charge in [0.2, 0.25) is 0 Å². The average Bonchev–Trinajstić information content (AvgIpc) is 2.52. The normalized spacial score (nSPS) is 11.3. The van der Waals surface area contributed by atoms with Crippen molar-refractivity contribution in [3.05, 3.63) is 53.2 Å². The molecule has 0 aliphatic carbocycles. The zero-order valence-corrected chi connectivity index (χ0v) is 14.3. The molecule has 0 unspecified atom stereocenters. The molecule has 0 saturated heterocycles. The van der Waals surface area contributed by atoms with E-state index in [1.165, 1.54) is 0 Å². The van der Waals surface area contributed by atoms with Gasteiger partial charge >= 0.3 is 0 Å². The summed E-state index contributed by atoms with van der Waals surface area (Å²) in [6.45, 7) is 5.96. The second-order valence-corrected chi connectivity index (χ2v) is 6.45. The van der Waals surface area contributed by atoms with Crippen LogP contribution in [0.5, 0.6) is 0 Å². The van der Waals surface area contributed by atoms with Crippen molar-refractivity contribution in [3.63, 3.8) is 0 Å². The van der Waals surface area contributed by atoms with Crippen molar-refractivity contribution in [2.45, 2.75) is 26.4 Å². The molecule has 0 saturated carbocycles. The molecule has 1 aromatic carbocycles. The number of carbonyl (C=O) groups is 1. The minimum Gasteiger partial charge on any atom is -0.389 e. The van der Waals surface area contributed by atoms with Gasteiger partial charge in [0.25, 0.3) is 5.91 Å². The molecular formula is C18H21ClN2O2. The van der Waals surface area contributed by atoms with E-state index < -0.39 is 5.60 Å². The highest BCUT2D eigenvalue weighted by Gasteiger charge is 2.24. The van der Waals surface area contributed by atoms with E-state index in [1.807, 2.05) is 31.2 Å². The van der Waals surface area contributed by atoms with Gasteiger partial charge < -0.3 is 10.0 Å². The van der Waals surface area contributed by atoms with E-state index in [0.29, 0.717) is 17.1 Å². The number of rotatable bonds is 5. The third-order valence-corrected chi connectivity index (χ3v) is 3.73. The van der Waals surface area contributed by atoms with Crippen LogP contribution in [0.1, 0.15) is 31.1 Å². The number of carbonyl (C=O) groups excluding carboxylic acids is 1. The van der Waals surface area contributed by atoms with Crippen LogP contribution in [-0.4, -0.2) is 39.6 Å². The molecule has 1 amide bonds. The molecule has 0 fully saturated rings. The Hall–Kier alpha value is -1.91. The number of benzene rings is 1. The molecule has 0 spiro atoms. The molecule has 122 valence electrons. The first kappa shape index (κ1) is 17.4. The van der Waals surface area contributed by atoms with Crippen LogP contribution in [0, 0.1) is 0 Å². The zero-order chi connectivity index (χ0) is 17.0. The molecule has 0 aliphatic rings. The van der Waals surface area contributed by atoms with Crippen LogP contribution in [0.4, 0.5) is 0 Å². The van der Waals surface area contributed by atoms with E-state index in [2.05, 4.69) is 4.98 Å². The molecule has 1 aromatic heterocycles. The maximum absolute atomic E-state index is 12.8. The van der Waals surface area contributed by atoms with Crippen LogP contribution in [0.3, 0.4) is 0 Å². The van der Waals surface area contributed by atoms with Crippen LogP contribution in [-0.2, 0) is 0 Å². The summed E-state index contributed by atoms with van der Waals surface area (Å²) < 4.78 is 0. The quantitative estimate of drug-likeness (QED) is 0.909. The molecule has 0 radical (unpaired) electrons. The Bertz CT molecular complexity index is 681. The Morgan fingerprint density at radius 1 is 1.30 bits per heavy atom. The summed E-state index contributed by atoms with van der Waals surface area (Å²) in [6, 6.07) is 10.9. The van der Waals surface area contributed by atoms with E-state index in [-0.39, 0.29) is 12.5 Å². The topological polar surface area (TPSA) is 53.4 Å². The van der Waals surface area contributed by atoms with Gasteiger partial charge in [0.1, 0.15) is 0 Å². The fourth-order valence-corrected chi connectivity index (χ4v) is 2.55. The predicted octanol–water partition coefficient (Wildman–Crippen LogP) is 3.64. The van der Waals surface area contributed by atoms with Crippen LogP contribution >= 0.6 is 11.6 Å². The molecular weight excluding hydrogens is 312 g/mol. The first-order chi connectivity index (χ1) is 10.8. The van der Waals surface area contributed by atoms with Gasteiger partial charge in [-0.1, -0.05) is 23.7 Å². The van der Waals surface area contributed by atoms with Gasteiger partial charge in [-0.15, -0.1) is 0 Å². The lowest BCUT2D eigenvalue weighted by atomic mass is 10.0. The summed E-state index contributed by atoms with van der Waals surface area (Å²) in [5, 5.41) is 10.4. The van der Waals surface area contributed by atoms with E-state index in [1.54, 1.807) is 37.1 Å². The maximum Gasteiger partial charge on any atom is 0.255 e. The molecule has 0 bridgehead atoms. The number of aliphatic hydroxyl groups is 1. The SMILES string of the molecule is CCN(CC(C)(C)O)C(=O)c1cc(-c2ccccn2)ccc1Cl. The van der Waals surface area contributed by atoms with Crippen molar-refractivity contribution < 1.29 is 9.90 Å². The number of nitrogens with zero attached hydrogens (tertiary/aromatic N) is 2. The number of hydrogen-bond acceptors (Lipinski definition) is 3. The van der Waals surface area contributed by atoms with E-state index in [9.17, 15) is 9.90 Å². The third kappa shape index (κ3) is 4.53. The fourth-order valence-electron chi connectivity index (χ4n) is 2.35. The highest BCUT2D eigenvalue weighted by Crippen LogP contribution is 2.25. The maximum atomic E-state index is 12.8. The molecule has 1 heterocycles. The first-order valence-electron chi connectivity index (χ1n) is 7.54. The molecule has 5 heteroatoms. The zero-order valence-electron chi connectivity index (χ0n) is 13.6. The number of likely N-dealkylation sites (N-methyl/N-ethyl adjacent to an activating group) is 1. The van der Waals surface area contributed by atoms with Gasteiger partial charge in [0, 0.05) is 24.8 Å². The number of amides is 1. The average molecular weight is 333 g/mol. The highest BCUT2D eigenvalue weighted by atomic mass is 35.5. The van der Waals surface area contributed by atoms with Gasteiger partial charge in [-0.2, -0.15) is 0 Å². The molecule has 4 nitrogen and oxygen atoms in total. The van der Waals surface area contributed by atoms with Crippen LogP contribution in [0.15, 0.2) is 42.6 Å². The second kappa shape index (κ2) is 7.11. The van der Waals surface area contributed by atoms with E-state index >= 15 is 0 Å². The first-order valence-corrected chi connectivity index (χ1v) is 7.92. The number of aromatic nitrogens is 1. The lowest BCUT2D eigenvalue weighted by molar-refractivity contribution is 0.0315. The molecule has 23 heavy (non-hydrogen) atoms. The van der Waals surface area contributed by atoms with Gasteiger partial charge in [-0.05, 0) is 45.0 Å². The molecule has 1 N–H and O–H groups in total. The van der Waals surface area contributed by atoms with Gasteiger partial charge in [0.15, 0.2) is 0 Å². The van der Waals surface area contributed by atoms with Crippen molar-refractivity contribution in [1.29, 1.82) is 0 Å². The Morgan fingerprint density at radius 3 is 2.61 bits per heavy atom. The summed E-state index contributed by atoms with van der Waals surface area (Å²) in [6.07, 6.45) is 1.71. The van der Waals surface area contributed by atoms with Crippen molar-refractivity contribution in [1.82, 2.24) is 9.88 Å². The Labute approximate surface area is 141 Å². The lowest BCUT2D eigenvalue weighted by Gasteiger charge is -2.28. The summed E-state index contributed by atoms with van der Waals surface area (Å²) in [4.78, 5) is 18.7. The largest absolute Gasteiger partial charge is 0.389 e. The van der Waals surface area contributed by atoms with Crippen molar-refractivity contribution in [3.8, 4) is 11.3 Å². The van der Waals surface area contributed by atoms with Crippen LogP contribution < -0.4 is 0 Å². The summed E-state index contributed by atoms with van der Waals surface area (Å²) in [5.41, 5.74) is 1.07. The van der Waals surface area contributed by atoms with E-state index in [0.717, 1.165) is 11.3 Å². The molecule has 0 atom stereocenters. The van der Waals surface area contributed by atoms with Crippen LogP contribution in [0.25, 0.3) is 11.3 Å². The Morgan fingerprint density at radius 2 is 2.04 bits per heavy atom. The minimum absolute atomic E-state index is 0.197. The summed E-state index contributed by atoms with van der Waals surface area (Å²) in [5.74, 6) is -0.197. The minimum atomic E-state index is -0.962. The Kier molecular flexibility index (Phi) is 5.39. The monoisotopic (exact) mass is 332 g/mol. The van der Waals surface area contributed by atoms with Gasteiger partial charge in [-0.25, -0.2) is 0 Å². The standard InChI is InChI=1S/C18H21ClN2O2/c1-4-21(12-18(2,3)23)17(22)14-11-13(8-9-15(14)19)16-7-5-6-10-20-16/h5-11,23H,4,12H2,1-3H3. The van der Waals surface area contributed by atoms with Crippen molar-refractivity contribution in [2.24, 2.45) is 0 Å². The van der Waals surface area contributed by atoms with Crippen LogP contribution in [0.2, 0.25) is 5.02 Å². The number of halogens is 1. The predicted molar refractivity (Wildman–Crippen MR) is 92.6 cm³/mol. The van der Waals surface area contributed by atoms with Gasteiger partial charge in [-0.3, -0.25) is 9.78 Å². The Balaban J connectivity index is 2.36. The van der Waals surface area contributed by atoms with Gasteiger partial charge in [0.05, 0.1) is 21.9 Å². The summed E-state index contributed by atoms with van der Waals surface area (Å²) >= 11 is 6.22. The van der Waals surface area contributed by atoms with E-state index in [4.69, 9.17) is 11.6 Å². The third-order valence-electron chi connectivity index (χ3n) is 3.40. The van der Waals surface area contributed by atoms with Crippen molar-refractivity contribution >= 4 is 17.5 Å². The molecule has 0 aliphatic heterocycles. The smallest absolute Gasteiger partial charge is 0.255 e. The fraction of sp³-hybridized carbons (Fsp3) is 0.333. The molecule has 2 rings (SSSR count). The van der Waals surface area contributed by atoms with Crippen molar-refractivity contribution in [2.75, 3.05) is 13.1 Å².